The third-order valence-electron chi connectivity index (χ3n) is 4.41. The molecule has 24 heavy (non-hydrogen) atoms. The summed E-state index contributed by atoms with van der Waals surface area (Å²) in [5, 5.41) is 0.215. The Labute approximate surface area is 150 Å². The molecule has 1 unspecified atom stereocenters. The van der Waals surface area contributed by atoms with Gasteiger partial charge < -0.3 is 9.26 Å². The third kappa shape index (κ3) is 9.60. The number of hydroxylamine groups is 1. The van der Waals surface area contributed by atoms with Gasteiger partial charge in [0.2, 0.25) is 0 Å². The Bertz CT molecular complexity index is 406. The molecular formula is C19H39NO3Si. The van der Waals surface area contributed by atoms with Crippen molar-refractivity contribution in [3.63, 3.8) is 0 Å². The van der Waals surface area contributed by atoms with Crippen molar-refractivity contribution in [2.75, 3.05) is 6.61 Å². The van der Waals surface area contributed by atoms with Crippen LogP contribution < -0.4 is 5.48 Å². The first-order valence-electron chi connectivity index (χ1n) is 9.03. The fourth-order valence-electron chi connectivity index (χ4n) is 1.79. The van der Waals surface area contributed by atoms with Crippen molar-refractivity contribution >= 4 is 14.3 Å². The van der Waals surface area contributed by atoms with Gasteiger partial charge in [0.05, 0.1) is 5.92 Å². The van der Waals surface area contributed by atoms with Crippen LogP contribution in [-0.4, -0.2) is 26.4 Å². The highest BCUT2D eigenvalue weighted by Crippen LogP contribution is 2.36. The van der Waals surface area contributed by atoms with Crippen molar-refractivity contribution in [3.05, 3.63) is 12.2 Å². The van der Waals surface area contributed by atoms with Crippen LogP contribution in [0.1, 0.15) is 67.7 Å². The molecule has 0 amide bonds. The summed E-state index contributed by atoms with van der Waals surface area (Å²) in [5.41, 5.74) is 2.57. The van der Waals surface area contributed by atoms with Crippen LogP contribution >= 0.6 is 0 Å². The molecule has 0 aromatic rings. The molecular weight excluding hydrogens is 318 g/mol. The Morgan fingerprint density at radius 2 is 1.75 bits per heavy atom. The molecule has 1 N–H and O–H groups in total. The topological polar surface area (TPSA) is 47.6 Å². The number of rotatable bonds is 9. The molecule has 0 rings (SSSR count). The molecule has 5 heteroatoms. The summed E-state index contributed by atoms with van der Waals surface area (Å²) in [5.74, 6) is -0.311. The summed E-state index contributed by atoms with van der Waals surface area (Å²) in [4.78, 5) is 17.6. The number of hydrogen-bond acceptors (Lipinski definition) is 4. The molecule has 0 fully saturated rings. The highest BCUT2D eigenvalue weighted by atomic mass is 28.4. The minimum atomic E-state index is -1.71. The van der Waals surface area contributed by atoms with E-state index in [1.807, 2.05) is 39.8 Å². The number of nitrogens with one attached hydrogen (secondary N) is 1. The van der Waals surface area contributed by atoms with Crippen LogP contribution in [0.4, 0.5) is 0 Å². The number of carbonyl (C=O) groups excluding carboxylic acids is 1. The predicted octanol–water partition coefficient (Wildman–Crippen LogP) is 5.22. The number of allylic oxidation sites excluding steroid dienone is 2. The zero-order valence-corrected chi connectivity index (χ0v) is 18.3. The maximum absolute atomic E-state index is 12.3. The van der Waals surface area contributed by atoms with Gasteiger partial charge in [-0.2, -0.15) is 0 Å². The van der Waals surface area contributed by atoms with Gasteiger partial charge in [0.15, 0.2) is 8.32 Å². The van der Waals surface area contributed by atoms with Gasteiger partial charge in [-0.3, -0.25) is 4.79 Å². The van der Waals surface area contributed by atoms with Crippen molar-refractivity contribution < 1.29 is 14.1 Å². The van der Waals surface area contributed by atoms with Crippen LogP contribution in [0, 0.1) is 5.92 Å². The average molecular weight is 358 g/mol. The van der Waals surface area contributed by atoms with E-state index in [4.69, 9.17) is 9.26 Å². The van der Waals surface area contributed by atoms with Gasteiger partial charge in [-0.1, -0.05) is 32.9 Å². The van der Waals surface area contributed by atoms with Crippen LogP contribution in [0.5, 0.6) is 0 Å². The summed E-state index contributed by atoms with van der Waals surface area (Å²) >= 11 is 0. The van der Waals surface area contributed by atoms with Crippen LogP contribution in [-0.2, 0) is 14.1 Å². The van der Waals surface area contributed by atoms with E-state index in [0.717, 1.165) is 12.8 Å². The van der Waals surface area contributed by atoms with Crippen molar-refractivity contribution in [2.45, 2.75) is 91.4 Å². The maximum Gasteiger partial charge on any atom is 0.328 e. The van der Waals surface area contributed by atoms with Gasteiger partial charge in [0, 0.05) is 12.1 Å². The molecule has 0 aliphatic carbocycles. The van der Waals surface area contributed by atoms with E-state index in [2.05, 4.69) is 39.3 Å². The smallest absolute Gasteiger partial charge is 0.328 e. The van der Waals surface area contributed by atoms with Gasteiger partial charge >= 0.3 is 5.97 Å². The highest BCUT2D eigenvalue weighted by Gasteiger charge is 2.36. The fraction of sp³-hybridized carbons (Fsp3) is 0.842. The summed E-state index contributed by atoms with van der Waals surface area (Å²) in [7, 11) is -1.71. The quantitative estimate of drug-likeness (QED) is 0.266. The SMILES string of the molecule is C/C=C/CC(CCCO[Si](C)(C)C(C)(C)C)C(=O)ONC(C)(C)C. The summed E-state index contributed by atoms with van der Waals surface area (Å²) in [6, 6.07) is 0. The van der Waals surface area contributed by atoms with E-state index in [1.54, 1.807) is 0 Å². The van der Waals surface area contributed by atoms with Gasteiger partial charge in [-0.25, -0.2) is 0 Å². The van der Waals surface area contributed by atoms with Crippen molar-refractivity contribution in [1.29, 1.82) is 0 Å². The molecule has 1 atom stereocenters. The first kappa shape index (κ1) is 23.3. The monoisotopic (exact) mass is 357 g/mol. The predicted molar refractivity (Wildman–Crippen MR) is 104 cm³/mol. The maximum atomic E-state index is 12.3. The molecule has 0 spiro atoms. The fourth-order valence-corrected chi connectivity index (χ4v) is 2.88. The van der Waals surface area contributed by atoms with Crippen LogP contribution in [0.3, 0.4) is 0 Å². The Morgan fingerprint density at radius 3 is 2.21 bits per heavy atom. The van der Waals surface area contributed by atoms with Gasteiger partial charge in [-0.05, 0) is 65.1 Å². The lowest BCUT2D eigenvalue weighted by atomic mass is 9.99. The molecule has 0 bridgehead atoms. The number of carbonyl (C=O) groups is 1. The van der Waals surface area contributed by atoms with Gasteiger partial charge in [0.1, 0.15) is 0 Å². The second kappa shape index (κ2) is 9.73. The molecule has 0 aliphatic rings. The van der Waals surface area contributed by atoms with Crippen LogP contribution in [0.2, 0.25) is 18.1 Å². The first-order chi connectivity index (χ1) is 10.8. The molecule has 0 radical (unpaired) electrons. The summed E-state index contributed by atoms with van der Waals surface area (Å²) in [6.45, 7) is 19.8. The molecule has 0 saturated heterocycles. The second-order valence-electron chi connectivity index (χ2n) is 9.03. The van der Waals surface area contributed by atoms with E-state index in [9.17, 15) is 4.79 Å². The zero-order chi connectivity index (χ0) is 19.0. The Balaban J connectivity index is 4.46. The molecule has 0 saturated carbocycles. The Hall–Kier alpha value is -0.653. The molecule has 0 aromatic carbocycles. The molecule has 142 valence electrons. The van der Waals surface area contributed by atoms with E-state index < -0.39 is 8.32 Å². The first-order valence-corrected chi connectivity index (χ1v) is 11.9. The lowest BCUT2D eigenvalue weighted by molar-refractivity contribution is -0.160. The van der Waals surface area contributed by atoms with E-state index in [1.165, 1.54) is 0 Å². The van der Waals surface area contributed by atoms with E-state index in [-0.39, 0.29) is 22.5 Å². The molecule has 4 nitrogen and oxygen atoms in total. The minimum absolute atomic E-state index is 0.126. The van der Waals surface area contributed by atoms with E-state index in [0.29, 0.717) is 13.0 Å². The molecule has 0 aliphatic heterocycles. The van der Waals surface area contributed by atoms with Gasteiger partial charge in [0.25, 0.3) is 0 Å². The second-order valence-corrected chi connectivity index (χ2v) is 13.8. The van der Waals surface area contributed by atoms with Crippen LogP contribution in [0.25, 0.3) is 0 Å². The summed E-state index contributed by atoms with van der Waals surface area (Å²) < 4.78 is 6.20. The average Bonchev–Trinajstić information content (AvgIpc) is 2.42. The number of hydrogen-bond donors (Lipinski definition) is 1. The van der Waals surface area contributed by atoms with Crippen molar-refractivity contribution in [3.8, 4) is 0 Å². The Morgan fingerprint density at radius 1 is 1.17 bits per heavy atom. The lowest BCUT2D eigenvalue weighted by Crippen LogP contribution is -2.41. The summed E-state index contributed by atoms with van der Waals surface area (Å²) in [6.07, 6.45) is 6.37. The highest BCUT2D eigenvalue weighted by molar-refractivity contribution is 6.74. The zero-order valence-electron chi connectivity index (χ0n) is 17.3. The minimum Gasteiger partial charge on any atom is -0.417 e. The third-order valence-corrected chi connectivity index (χ3v) is 8.95. The van der Waals surface area contributed by atoms with Crippen molar-refractivity contribution in [2.24, 2.45) is 5.92 Å². The van der Waals surface area contributed by atoms with E-state index >= 15 is 0 Å². The normalized spacial score (nSPS) is 14.9. The lowest BCUT2D eigenvalue weighted by Gasteiger charge is -2.36. The van der Waals surface area contributed by atoms with Crippen LogP contribution in [0.15, 0.2) is 12.2 Å². The molecule has 0 aromatic heterocycles. The molecule has 0 heterocycles. The van der Waals surface area contributed by atoms with Gasteiger partial charge in [-0.15, -0.1) is 5.48 Å². The Kier molecular flexibility index (Phi) is 9.47. The largest absolute Gasteiger partial charge is 0.417 e. The standard InChI is InChI=1S/C19H39NO3Si/c1-10-11-13-16(17(21)23-20-18(2,3)4)14-12-15-22-24(8,9)19(5,6)7/h10-11,16,20H,12-15H2,1-9H3/b11-10+. The van der Waals surface area contributed by atoms with Crippen molar-refractivity contribution in [1.82, 2.24) is 5.48 Å².